The number of hydrogen-bond donors (Lipinski definition) is 2. The fourth-order valence-electron chi connectivity index (χ4n) is 1.99. The summed E-state index contributed by atoms with van der Waals surface area (Å²) in [5.41, 5.74) is 1.58. The summed E-state index contributed by atoms with van der Waals surface area (Å²) in [5, 5.41) is 12.0. The summed E-state index contributed by atoms with van der Waals surface area (Å²) < 4.78 is 27.4. The third-order valence-electron chi connectivity index (χ3n) is 3.09. The summed E-state index contributed by atoms with van der Waals surface area (Å²) in [4.78, 5) is 4.17. The highest BCUT2D eigenvalue weighted by Crippen LogP contribution is 2.27. The summed E-state index contributed by atoms with van der Waals surface area (Å²) >= 11 is 6.75. The summed E-state index contributed by atoms with van der Waals surface area (Å²) in [6, 6.07) is 15.2. The molecule has 0 atom stereocenters. The number of nitrogens with zero attached hydrogens (tertiary/aromatic N) is 2. The van der Waals surface area contributed by atoms with E-state index in [-0.39, 0.29) is 4.21 Å². The summed E-state index contributed by atoms with van der Waals surface area (Å²) in [5.74, 6) is 0.525. The minimum atomic E-state index is -3.69. The molecule has 3 rings (SSSR count). The van der Waals surface area contributed by atoms with Gasteiger partial charge < -0.3 is 5.32 Å². The van der Waals surface area contributed by atoms with Crippen LogP contribution in [0.5, 0.6) is 0 Å². The van der Waals surface area contributed by atoms with Gasteiger partial charge in [-0.05, 0) is 42.5 Å². The van der Waals surface area contributed by atoms with Crippen molar-refractivity contribution in [2.24, 2.45) is 0 Å². The Labute approximate surface area is 153 Å². The zero-order valence-corrected chi connectivity index (χ0v) is 15.0. The van der Waals surface area contributed by atoms with Crippen molar-refractivity contribution in [2.45, 2.75) is 4.21 Å². The van der Waals surface area contributed by atoms with Gasteiger partial charge in [-0.25, -0.2) is 13.4 Å². The molecule has 6 nitrogen and oxygen atoms in total. The predicted molar refractivity (Wildman–Crippen MR) is 98.8 cm³/mol. The van der Waals surface area contributed by atoms with Crippen LogP contribution in [-0.4, -0.2) is 13.4 Å². The third kappa shape index (κ3) is 4.28. The number of nitriles is 1. The van der Waals surface area contributed by atoms with Crippen LogP contribution < -0.4 is 10.0 Å². The van der Waals surface area contributed by atoms with Crippen LogP contribution in [0.3, 0.4) is 0 Å². The highest BCUT2D eigenvalue weighted by molar-refractivity contribution is 7.94. The van der Waals surface area contributed by atoms with Crippen LogP contribution >= 0.6 is 22.9 Å². The van der Waals surface area contributed by atoms with E-state index < -0.39 is 10.0 Å². The van der Waals surface area contributed by atoms with Crippen molar-refractivity contribution in [2.75, 3.05) is 10.0 Å². The molecule has 0 aliphatic rings. The van der Waals surface area contributed by atoms with Gasteiger partial charge in [0.1, 0.15) is 10.0 Å². The summed E-state index contributed by atoms with van der Waals surface area (Å²) in [6.07, 6.45) is 1.41. The van der Waals surface area contributed by atoms with Gasteiger partial charge in [-0.1, -0.05) is 17.7 Å². The molecule has 0 unspecified atom stereocenters. The molecule has 2 N–H and O–H groups in total. The Bertz CT molecular complexity index is 1040. The molecule has 2 heterocycles. The molecule has 0 fully saturated rings. The summed E-state index contributed by atoms with van der Waals surface area (Å²) in [6.45, 7) is 0. The van der Waals surface area contributed by atoms with Gasteiger partial charge in [-0.3, -0.25) is 4.72 Å². The average molecular weight is 391 g/mol. The number of nitrogens with one attached hydrogen (secondary N) is 2. The van der Waals surface area contributed by atoms with E-state index >= 15 is 0 Å². The SMILES string of the molecule is N#Cc1cccc(Nc2ccc(NS(=O)(=O)c3ccc(Cl)s3)cn2)c1. The number of sulfonamides is 1. The van der Waals surface area contributed by atoms with Gasteiger partial charge in [-0.2, -0.15) is 5.26 Å². The number of benzene rings is 1. The molecule has 0 spiro atoms. The van der Waals surface area contributed by atoms with Gasteiger partial charge in [0.15, 0.2) is 0 Å². The number of anilines is 3. The standard InChI is InChI=1S/C16H11ClN4O2S2/c17-14-5-7-16(24-14)25(22,23)21-13-4-6-15(19-10-13)20-12-3-1-2-11(8-12)9-18/h1-8,10,21H,(H,19,20). The quantitative estimate of drug-likeness (QED) is 0.680. The van der Waals surface area contributed by atoms with Crippen molar-refractivity contribution in [1.29, 1.82) is 5.26 Å². The van der Waals surface area contributed by atoms with Crippen molar-refractivity contribution in [3.63, 3.8) is 0 Å². The zero-order valence-electron chi connectivity index (χ0n) is 12.6. The van der Waals surface area contributed by atoms with Gasteiger partial charge in [0.25, 0.3) is 10.0 Å². The lowest BCUT2D eigenvalue weighted by atomic mass is 10.2. The Morgan fingerprint density at radius 1 is 1.12 bits per heavy atom. The smallest absolute Gasteiger partial charge is 0.271 e. The third-order valence-corrected chi connectivity index (χ3v) is 6.20. The molecule has 0 aliphatic carbocycles. The Balaban J connectivity index is 1.73. The number of halogens is 1. The van der Waals surface area contributed by atoms with Crippen LogP contribution in [0.25, 0.3) is 0 Å². The maximum absolute atomic E-state index is 12.2. The molecule has 9 heteroatoms. The Hall–Kier alpha value is -2.60. The fraction of sp³-hybridized carbons (Fsp3) is 0. The molecular formula is C16H11ClN4O2S2. The highest BCUT2D eigenvalue weighted by atomic mass is 35.5. The fourth-order valence-corrected chi connectivity index (χ4v) is 4.52. The van der Waals surface area contributed by atoms with Crippen molar-refractivity contribution in [3.8, 4) is 6.07 Å². The largest absolute Gasteiger partial charge is 0.340 e. The molecule has 0 radical (unpaired) electrons. The predicted octanol–water partition coefficient (Wildman–Crippen LogP) is 4.21. The maximum Gasteiger partial charge on any atom is 0.271 e. The van der Waals surface area contributed by atoms with Crippen LogP contribution in [0.2, 0.25) is 4.34 Å². The molecule has 3 aromatic rings. The van der Waals surface area contributed by atoms with Crippen molar-refractivity contribution >= 4 is 50.2 Å². The molecule has 25 heavy (non-hydrogen) atoms. The van der Waals surface area contributed by atoms with Crippen LogP contribution in [0.4, 0.5) is 17.2 Å². The van der Waals surface area contributed by atoms with E-state index in [0.29, 0.717) is 27.1 Å². The molecule has 2 aromatic heterocycles. The van der Waals surface area contributed by atoms with Gasteiger partial charge in [0, 0.05) is 5.69 Å². The number of rotatable bonds is 5. The van der Waals surface area contributed by atoms with E-state index in [1.807, 2.05) is 0 Å². The van der Waals surface area contributed by atoms with E-state index in [2.05, 4.69) is 21.1 Å². The molecular weight excluding hydrogens is 380 g/mol. The molecule has 0 saturated carbocycles. The Morgan fingerprint density at radius 3 is 2.60 bits per heavy atom. The van der Waals surface area contributed by atoms with E-state index in [1.165, 1.54) is 18.3 Å². The first kappa shape index (κ1) is 17.2. The number of thiophene rings is 1. The topological polar surface area (TPSA) is 94.9 Å². The van der Waals surface area contributed by atoms with E-state index in [0.717, 1.165) is 11.3 Å². The number of aromatic nitrogens is 1. The maximum atomic E-state index is 12.2. The normalized spacial score (nSPS) is 10.9. The first-order valence-electron chi connectivity index (χ1n) is 6.98. The highest BCUT2D eigenvalue weighted by Gasteiger charge is 2.16. The lowest BCUT2D eigenvalue weighted by molar-refractivity contribution is 0.603. The Kier molecular flexibility index (Phi) is 4.90. The first-order valence-corrected chi connectivity index (χ1v) is 9.65. The second-order valence-electron chi connectivity index (χ2n) is 4.91. The lowest BCUT2D eigenvalue weighted by Gasteiger charge is -2.08. The number of hydrogen-bond acceptors (Lipinski definition) is 6. The Morgan fingerprint density at radius 2 is 1.96 bits per heavy atom. The van der Waals surface area contributed by atoms with Crippen LogP contribution in [0.1, 0.15) is 5.56 Å². The second-order valence-corrected chi connectivity index (χ2v) is 8.54. The van der Waals surface area contributed by atoms with E-state index in [1.54, 1.807) is 36.4 Å². The van der Waals surface area contributed by atoms with Crippen molar-refractivity contribution in [1.82, 2.24) is 4.98 Å². The molecule has 1 aromatic carbocycles. The molecule has 0 amide bonds. The molecule has 0 saturated heterocycles. The first-order chi connectivity index (χ1) is 12.0. The molecule has 0 aliphatic heterocycles. The molecule has 126 valence electrons. The molecule has 0 bridgehead atoms. The van der Waals surface area contributed by atoms with Crippen LogP contribution in [-0.2, 0) is 10.0 Å². The van der Waals surface area contributed by atoms with Gasteiger partial charge in [0.05, 0.1) is 27.9 Å². The minimum absolute atomic E-state index is 0.132. The van der Waals surface area contributed by atoms with E-state index in [9.17, 15) is 8.42 Å². The van der Waals surface area contributed by atoms with Gasteiger partial charge in [0.2, 0.25) is 0 Å². The number of pyridine rings is 1. The monoisotopic (exact) mass is 390 g/mol. The van der Waals surface area contributed by atoms with E-state index in [4.69, 9.17) is 16.9 Å². The zero-order chi connectivity index (χ0) is 17.9. The lowest BCUT2D eigenvalue weighted by Crippen LogP contribution is -2.11. The van der Waals surface area contributed by atoms with Gasteiger partial charge in [-0.15, -0.1) is 11.3 Å². The van der Waals surface area contributed by atoms with Crippen LogP contribution in [0.15, 0.2) is 58.9 Å². The van der Waals surface area contributed by atoms with Crippen LogP contribution in [0, 0.1) is 11.3 Å². The second kappa shape index (κ2) is 7.11. The minimum Gasteiger partial charge on any atom is -0.340 e. The average Bonchev–Trinajstić information content (AvgIpc) is 3.04. The summed E-state index contributed by atoms with van der Waals surface area (Å²) in [7, 11) is -3.69. The van der Waals surface area contributed by atoms with Crippen molar-refractivity contribution in [3.05, 3.63) is 64.6 Å². The van der Waals surface area contributed by atoms with Crippen molar-refractivity contribution < 1.29 is 8.42 Å². The van der Waals surface area contributed by atoms with Gasteiger partial charge >= 0.3 is 0 Å².